The second-order valence-electron chi connectivity index (χ2n) is 6.23. The van der Waals surface area contributed by atoms with Gasteiger partial charge >= 0.3 is 0 Å². The average Bonchev–Trinajstić information content (AvgIpc) is 2.80. The van der Waals surface area contributed by atoms with Crippen molar-refractivity contribution in [1.29, 1.82) is 0 Å². The predicted octanol–water partition coefficient (Wildman–Crippen LogP) is 3.29. The highest BCUT2D eigenvalue weighted by molar-refractivity contribution is 7.12. The van der Waals surface area contributed by atoms with E-state index in [-0.39, 0.29) is 0 Å². The van der Waals surface area contributed by atoms with Crippen LogP contribution in [0.15, 0.2) is 35.3 Å². The van der Waals surface area contributed by atoms with E-state index in [1.807, 2.05) is 11.3 Å². The van der Waals surface area contributed by atoms with Crippen molar-refractivity contribution in [1.82, 2.24) is 9.80 Å². The average molecular weight is 311 g/mol. The molecule has 0 spiro atoms. The first-order valence-corrected chi connectivity index (χ1v) is 8.72. The maximum atomic E-state index is 5.07. The number of aliphatic imine (C=N–C) groups is 1. The van der Waals surface area contributed by atoms with Gasteiger partial charge in [0, 0.05) is 47.9 Å². The highest BCUT2D eigenvalue weighted by atomic mass is 32.1. The molecule has 4 rings (SSSR count). The molecule has 1 saturated heterocycles. The third-order valence-electron chi connectivity index (χ3n) is 4.54. The second kappa shape index (κ2) is 5.52. The summed E-state index contributed by atoms with van der Waals surface area (Å²) in [5.74, 6) is 1.18. The number of hydrogen-bond donors (Lipinski definition) is 0. The SMILES string of the molecule is Cc1cc2c(s1)Cc1ccccc1N=C2N1CCN(C)CC1. The maximum Gasteiger partial charge on any atom is 0.137 e. The summed E-state index contributed by atoms with van der Waals surface area (Å²) in [4.78, 5) is 12.8. The predicted molar refractivity (Wildman–Crippen MR) is 93.6 cm³/mol. The molecule has 2 aromatic rings. The van der Waals surface area contributed by atoms with Crippen LogP contribution in [0.5, 0.6) is 0 Å². The fourth-order valence-electron chi connectivity index (χ4n) is 3.26. The van der Waals surface area contributed by atoms with Crippen molar-refractivity contribution in [3.63, 3.8) is 0 Å². The standard InChI is InChI=1S/C18H21N3S/c1-13-11-15-17(22-13)12-14-5-3-4-6-16(14)19-18(15)21-9-7-20(2)8-10-21/h3-6,11H,7-10,12H2,1-2H3. The number of aryl methyl sites for hydroxylation is 1. The fourth-order valence-corrected chi connectivity index (χ4v) is 4.31. The molecular formula is C18H21N3S. The van der Waals surface area contributed by atoms with Gasteiger partial charge in [-0.3, -0.25) is 0 Å². The summed E-state index contributed by atoms with van der Waals surface area (Å²) in [5.41, 5.74) is 3.83. The topological polar surface area (TPSA) is 18.8 Å². The van der Waals surface area contributed by atoms with Gasteiger partial charge in [0.15, 0.2) is 0 Å². The van der Waals surface area contributed by atoms with Gasteiger partial charge in [0.25, 0.3) is 0 Å². The van der Waals surface area contributed by atoms with Crippen molar-refractivity contribution in [2.45, 2.75) is 13.3 Å². The lowest BCUT2D eigenvalue weighted by Gasteiger charge is -2.34. The molecule has 3 heterocycles. The van der Waals surface area contributed by atoms with Crippen LogP contribution in [0.1, 0.15) is 20.9 Å². The molecule has 0 unspecified atom stereocenters. The van der Waals surface area contributed by atoms with Gasteiger partial charge < -0.3 is 9.80 Å². The Morgan fingerprint density at radius 3 is 2.68 bits per heavy atom. The van der Waals surface area contributed by atoms with Crippen LogP contribution in [0.25, 0.3) is 0 Å². The second-order valence-corrected chi connectivity index (χ2v) is 7.57. The minimum absolute atomic E-state index is 1.00. The van der Waals surface area contributed by atoms with E-state index in [0.717, 1.165) is 38.3 Å². The van der Waals surface area contributed by atoms with Crippen LogP contribution in [0, 0.1) is 6.92 Å². The third kappa shape index (κ3) is 2.46. The molecule has 0 N–H and O–H groups in total. The zero-order valence-electron chi connectivity index (χ0n) is 13.2. The summed E-state index contributed by atoms with van der Waals surface area (Å²) in [6.45, 7) is 6.54. The molecule has 0 radical (unpaired) electrons. The van der Waals surface area contributed by atoms with Crippen molar-refractivity contribution in [3.05, 3.63) is 51.2 Å². The van der Waals surface area contributed by atoms with Gasteiger partial charge in [0.2, 0.25) is 0 Å². The lowest BCUT2D eigenvalue weighted by Crippen LogP contribution is -2.47. The molecule has 0 aliphatic carbocycles. The normalized spacial score (nSPS) is 18.5. The highest BCUT2D eigenvalue weighted by Crippen LogP contribution is 2.34. The Morgan fingerprint density at radius 1 is 1.09 bits per heavy atom. The zero-order chi connectivity index (χ0) is 15.1. The first-order chi connectivity index (χ1) is 10.7. The molecule has 2 aliphatic heterocycles. The van der Waals surface area contributed by atoms with Gasteiger partial charge in [0.05, 0.1) is 5.69 Å². The van der Waals surface area contributed by atoms with E-state index < -0.39 is 0 Å². The number of nitrogens with zero attached hydrogens (tertiary/aromatic N) is 3. The minimum atomic E-state index is 1.00. The highest BCUT2D eigenvalue weighted by Gasteiger charge is 2.25. The number of hydrogen-bond acceptors (Lipinski definition) is 4. The molecule has 3 nitrogen and oxygen atoms in total. The summed E-state index contributed by atoms with van der Waals surface area (Å²) in [6, 6.07) is 10.9. The Balaban J connectivity index is 1.81. The molecule has 0 amide bonds. The summed E-state index contributed by atoms with van der Waals surface area (Å²) in [7, 11) is 2.20. The van der Waals surface area contributed by atoms with Crippen LogP contribution in [0.4, 0.5) is 5.69 Å². The molecule has 1 aromatic carbocycles. The largest absolute Gasteiger partial charge is 0.354 e. The first kappa shape index (κ1) is 14.0. The molecule has 1 aromatic heterocycles. The summed E-state index contributed by atoms with van der Waals surface area (Å²) in [5, 5.41) is 0. The molecule has 22 heavy (non-hydrogen) atoms. The number of piperazine rings is 1. The van der Waals surface area contributed by atoms with E-state index in [0.29, 0.717) is 0 Å². The van der Waals surface area contributed by atoms with Crippen molar-refractivity contribution < 1.29 is 0 Å². The van der Waals surface area contributed by atoms with Gasteiger partial charge in [-0.15, -0.1) is 11.3 Å². The summed E-state index contributed by atoms with van der Waals surface area (Å²) >= 11 is 1.92. The number of para-hydroxylation sites is 1. The molecule has 114 valence electrons. The van der Waals surface area contributed by atoms with Crippen LogP contribution in [-0.4, -0.2) is 48.9 Å². The van der Waals surface area contributed by atoms with E-state index in [1.54, 1.807) is 0 Å². The lowest BCUT2D eigenvalue weighted by molar-refractivity contribution is 0.216. The lowest BCUT2D eigenvalue weighted by atomic mass is 10.1. The van der Waals surface area contributed by atoms with E-state index in [1.165, 1.54) is 26.7 Å². The van der Waals surface area contributed by atoms with E-state index >= 15 is 0 Å². The maximum absolute atomic E-state index is 5.07. The smallest absolute Gasteiger partial charge is 0.137 e. The summed E-state index contributed by atoms with van der Waals surface area (Å²) < 4.78 is 0. The van der Waals surface area contributed by atoms with Crippen LogP contribution < -0.4 is 0 Å². The van der Waals surface area contributed by atoms with Gasteiger partial charge in [-0.05, 0) is 31.7 Å². The monoisotopic (exact) mass is 311 g/mol. The van der Waals surface area contributed by atoms with E-state index in [4.69, 9.17) is 4.99 Å². The number of benzene rings is 1. The molecule has 2 aliphatic rings. The van der Waals surface area contributed by atoms with Crippen LogP contribution >= 0.6 is 11.3 Å². The number of rotatable bonds is 0. The van der Waals surface area contributed by atoms with E-state index in [9.17, 15) is 0 Å². The van der Waals surface area contributed by atoms with Crippen LogP contribution in [-0.2, 0) is 6.42 Å². The van der Waals surface area contributed by atoms with Gasteiger partial charge in [0.1, 0.15) is 5.84 Å². The Hall–Kier alpha value is -1.65. The molecule has 4 heteroatoms. The van der Waals surface area contributed by atoms with Gasteiger partial charge in [-0.1, -0.05) is 18.2 Å². The Bertz CT molecular complexity index is 724. The Morgan fingerprint density at radius 2 is 1.86 bits per heavy atom. The van der Waals surface area contributed by atoms with Crippen molar-refractivity contribution in [3.8, 4) is 0 Å². The van der Waals surface area contributed by atoms with Crippen molar-refractivity contribution >= 4 is 22.9 Å². The minimum Gasteiger partial charge on any atom is -0.354 e. The first-order valence-electron chi connectivity index (χ1n) is 7.90. The fraction of sp³-hybridized carbons (Fsp3) is 0.389. The van der Waals surface area contributed by atoms with Crippen molar-refractivity contribution in [2.75, 3.05) is 33.2 Å². The Kier molecular flexibility index (Phi) is 3.51. The molecule has 1 fully saturated rings. The molecular weight excluding hydrogens is 290 g/mol. The third-order valence-corrected chi connectivity index (χ3v) is 5.60. The zero-order valence-corrected chi connectivity index (χ0v) is 14.0. The molecule has 0 atom stereocenters. The molecule has 0 saturated carbocycles. The summed E-state index contributed by atoms with van der Waals surface area (Å²) in [6.07, 6.45) is 1.00. The van der Waals surface area contributed by atoms with Gasteiger partial charge in [-0.2, -0.15) is 0 Å². The van der Waals surface area contributed by atoms with Gasteiger partial charge in [-0.25, -0.2) is 4.99 Å². The number of fused-ring (bicyclic) bond motifs is 2. The van der Waals surface area contributed by atoms with Crippen molar-refractivity contribution in [2.24, 2.45) is 4.99 Å². The molecule has 0 bridgehead atoms. The van der Waals surface area contributed by atoms with Crippen LogP contribution in [0.2, 0.25) is 0 Å². The number of thiophene rings is 1. The Labute approximate surface area is 135 Å². The number of amidine groups is 1. The van der Waals surface area contributed by atoms with Crippen LogP contribution in [0.3, 0.4) is 0 Å². The number of likely N-dealkylation sites (N-methyl/N-ethyl adjacent to an activating group) is 1. The quantitative estimate of drug-likeness (QED) is 0.743. The van der Waals surface area contributed by atoms with E-state index in [2.05, 4.69) is 54.1 Å².